The maximum Gasteiger partial charge on any atom is 0.162 e. The Balaban J connectivity index is 2.62. The van der Waals surface area contributed by atoms with Gasteiger partial charge in [-0.15, -0.1) is 0 Å². The van der Waals surface area contributed by atoms with Crippen LogP contribution >= 0.6 is 0 Å². The molecule has 5 heteroatoms. The van der Waals surface area contributed by atoms with Gasteiger partial charge in [-0.3, -0.25) is 0 Å². The van der Waals surface area contributed by atoms with Crippen LogP contribution in [0.5, 0.6) is 0 Å². The zero-order chi connectivity index (χ0) is 14.0. The van der Waals surface area contributed by atoms with E-state index in [1.807, 2.05) is 11.6 Å². The summed E-state index contributed by atoms with van der Waals surface area (Å²) in [5.41, 5.74) is 10.4. The van der Waals surface area contributed by atoms with Gasteiger partial charge >= 0.3 is 0 Å². The van der Waals surface area contributed by atoms with E-state index in [-0.39, 0.29) is 0 Å². The van der Waals surface area contributed by atoms with Crippen LogP contribution < -0.4 is 5.73 Å². The summed E-state index contributed by atoms with van der Waals surface area (Å²) in [6.07, 6.45) is 4.35. The molecule has 0 saturated carbocycles. The summed E-state index contributed by atoms with van der Waals surface area (Å²) >= 11 is 0. The fourth-order valence-corrected chi connectivity index (χ4v) is 2.48. The van der Waals surface area contributed by atoms with E-state index in [1.165, 1.54) is 11.9 Å². The number of anilines is 1. The summed E-state index contributed by atoms with van der Waals surface area (Å²) in [7, 11) is 0. The SMILES string of the molecule is CCCc1c(N)ncnc1-n1nc(C)c(CC)c1C. The zero-order valence-electron chi connectivity index (χ0n) is 12.1. The number of nitrogen functional groups attached to an aromatic ring is 1. The van der Waals surface area contributed by atoms with Gasteiger partial charge in [0.1, 0.15) is 12.1 Å². The molecule has 5 nitrogen and oxygen atoms in total. The highest BCUT2D eigenvalue weighted by Gasteiger charge is 2.16. The molecule has 102 valence electrons. The lowest BCUT2D eigenvalue weighted by atomic mass is 10.1. The summed E-state index contributed by atoms with van der Waals surface area (Å²) in [6.45, 7) is 8.37. The topological polar surface area (TPSA) is 69.6 Å². The van der Waals surface area contributed by atoms with Crippen LogP contribution in [0.25, 0.3) is 5.82 Å². The van der Waals surface area contributed by atoms with Gasteiger partial charge in [0, 0.05) is 11.3 Å². The van der Waals surface area contributed by atoms with Crippen LogP contribution in [0.2, 0.25) is 0 Å². The first-order chi connectivity index (χ1) is 9.10. The van der Waals surface area contributed by atoms with Gasteiger partial charge in [0.25, 0.3) is 0 Å². The summed E-state index contributed by atoms with van der Waals surface area (Å²) in [6, 6.07) is 0. The number of hydrogen-bond acceptors (Lipinski definition) is 4. The van der Waals surface area contributed by atoms with Crippen molar-refractivity contribution in [1.82, 2.24) is 19.7 Å². The summed E-state index contributed by atoms with van der Waals surface area (Å²) in [4.78, 5) is 8.48. The molecular weight excluding hydrogens is 238 g/mol. The average Bonchev–Trinajstić information content (AvgIpc) is 2.67. The Morgan fingerprint density at radius 1 is 1.16 bits per heavy atom. The Labute approximate surface area is 113 Å². The molecule has 0 aliphatic heterocycles. The van der Waals surface area contributed by atoms with E-state index in [9.17, 15) is 0 Å². The minimum absolute atomic E-state index is 0.553. The molecule has 0 fully saturated rings. The van der Waals surface area contributed by atoms with Gasteiger partial charge in [0.2, 0.25) is 0 Å². The molecule has 0 bridgehead atoms. The Kier molecular flexibility index (Phi) is 3.83. The first-order valence-corrected chi connectivity index (χ1v) is 6.74. The van der Waals surface area contributed by atoms with Crippen LogP contribution in [0.15, 0.2) is 6.33 Å². The van der Waals surface area contributed by atoms with Crippen LogP contribution in [0.3, 0.4) is 0 Å². The smallest absolute Gasteiger partial charge is 0.162 e. The Morgan fingerprint density at radius 2 is 1.89 bits per heavy atom. The lowest BCUT2D eigenvalue weighted by molar-refractivity contribution is 0.773. The average molecular weight is 259 g/mol. The number of rotatable bonds is 4. The van der Waals surface area contributed by atoms with Crippen LogP contribution in [-0.2, 0) is 12.8 Å². The monoisotopic (exact) mass is 259 g/mol. The normalized spacial score (nSPS) is 10.9. The minimum Gasteiger partial charge on any atom is -0.383 e. The largest absolute Gasteiger partial charge is 0.383 e. The highest BCUT2D eigenvalue weighted by molar-refractivity contribution is 5.49. The fraction of sp³-hybridized carbons (Fsp3) is 0.500. The Morgan fingerprint density at radius 3 is 2.47 bits per heavy atom. The van der Waals surface area contributed by atoms with Crippen molar-refractivity contribution in [3.05, 3.63) is 28.8 Å². The molecular formula is C14H21N5. The second-order valence-electron chi connectivity index (χ2n) is 4.73. The fourth-order valence-electron chi connectivity index (χ4n) is 2.48. The third-order valence-electron chi connectivity index (χ3n) is 3.45. The highest BCUT2D eigenvalue weighted by atomic mass is 15.3. The molecule has 0 saturated heterocycles. The van der Waals surface area contributed by atoms with E-state index < -0.39 is 0 Å². The second-order valence-corrected chi connectivity index (χ2v) is 4.73. The first kappa shape index (κ1) is 13.5. The van der Waals surface area contributed by atoms with Crippen molar-refractivity contribution in [3.8, 4) is 5.82 Å². The number of nitrogens with two attached hydrogens (primary N) is 1. The maximum atomic E-state index is 5.98. The van der Waals surface area contributed by atoms with Gasteiger partial charge in [-0.2, -0.15) is 5.10 Å². The molecule has 0 atom stereocenters. The van der Waals surface area contributed by atoms with Gasteiger partial charge in [-0.25, -0.2) is 14.6 Å². The standard InChI is InChI=1S/C14H21N5/c1-5-7-12-13(15)16-8-17-14(12)19-10(4)11(6-2)9(3)18-19/h8H,5-7H2,1-4H3,(H2,15,16,17). The lowest BCUT2D eigenvalue weighted by Crippen LogP contribution is -2.10. The molecule has 0 spiro atoms. The van der Waals surface area contributed by atoms with Crippen LogP contribution in [-0.4, -0.2) is 19.7 Å². The molecule has 2 aromatic rings. The lowest BCUT2D eigenvalue weighted by Gasteiger charge is -2.11. The highest BCUT2D eigenvalue weighted by Crippen LogP contribution is 2.22. The second kappa shape index (κ2) is 5.38. The molecule has 2 rings (SSSR count). The van der Waals surface area contributed by atoms with Gasteiger partial charge in [-0.05, 0) is 32.3 Å². The third kappa shape index (κ3) is 2.32. The van der Waals surface area contributed by atoms with Gasteiger partial charge in [0.15, 0.2) is 5.82 Å². The van der Waals surface area contributed by atoms with Crippen LogP contribution in [0, 0.1) is 13.8 Å². The Bertz CT molecular complexity index is 586. The van der Waals surface area contributed by atoms with Crippen LogP contribution in [0.4, 0.5) is 5.82 Å². The molecule has 0 amide bonds. The summed E-state index contributed by atoms with van der Waals surface area (Å²) in [5, 5.41) is 4.61. The van der Waals surface area contributed by atoms with Gasteiger partial charge < -0.3 is 5.73 Å². The van der Waals surface area contributed by atoms with E-state index in [1.54, 1.807) is 0 Å². The van der Waals surface area contributed by atoms with Crippen LogP contribution in [0.1, 0.15) is 42.8 Å². The molecule has 0 aliphatic carbocycles. The van der Waals surface area contributed by atoms with Crippen molar-refractivity contribution in [1.29, 1.82) is 0 Å². The van der Waals surface area contributed by atoms with Crippen molar-refractivity contribution in [2.45, 2.75) is 47.0 Å². The number of nitrogens with zero attached hydrogens (tertiary/aromatic N) is 4. The summed E-state index contributed by atoms with van der Waals surface area (Å²) in [5.74, 6) is 1.37. The Hall–Kier alpha value is -1.91. The molecule has 0 unspecified atom stereocenters. The number of aromatic nitrogens is 4. The van der Waals surface area contributed by atoms with Gasteiger partial charge in [0.05, 0.1) is 5.69 Å². The molecule has 0 radical (unpaired) electrons. The van der Waals surface area contributed by atoms with Crippen molar-refractivity contribution in [2.24, 2.45) is 0 Å². The predicted octanol–water partition coefficient (Wildman–Crippen LogP) is 2.38. The summed E-state index contributed by atoms with van der Waals surface area (Å²) < 4.78 is 1.90. The zero-order valence-corrected chi connectivity index (χ0v) is 12.1. The van der Waals surface area contributed by atoms with Crippen molar-refractivity contribution in [2.75, 3.05) is 5.73 Å². The molecule has 2 N–H and O–H groups in total. The molecule has 2 heterocycles. The van der Waals surface area contributed by atoms with Crippen molar-refractivity contribution < 1.29 is 0 Å². The van der Waals surface area contributed by atoms with E-state index in [0.29, 0.717) is 5.82 Å². The molecule has 0 aliphatic rings. The minimum atomic E-state index is 0.553. The quantitative estimate of drug-likeness (QED) is 0.915. The first-order valence-electron chi connectivity index (χ1n) is 6.74. The van der Waals surface area contributed by atoms with E-state index in [4.69, 9.17) is 5.73 Å². The predicted molar refractivity (Wildman–Crippen MR) is 76.4 cm³/mol. The van der Waals surface area contributed by atoms with Gasteiger partial charge in [-0.1, -0.05) is 20.3 Å². The van der Waals surface area contributed by atoms with E-state index in [2.05, 4.69) is 35.8 Å². The number of aryl methyl sites for hydroxylation is 1. The maximum absolute atomic E-state index is 5.98. The van der Waals surface area contributed by atoms with Crippen molar-refractivity contribution >= 4 is 5.82 Å². The molecule has 2 aromatic heterocycles. The van der Waals surface area contributed by atoms with E-state index >= 15 is 0 Å². The molecule has 19 heavy (non-hydrogen) atoms. The van der Waals surface area contributed by atoms with E-state index in [0.717, 1.165) is 42.0 Å². The third-order valence-corrected chi connectivity index (χ3v) is 3.45. The number of hydrogen-bond donors (Lipinski definition) is 1. The van der Waals surface area contributed by atoms with Crippen molar-refractivity contribution in [3.63, 3.8) is 0 Å². The molecule has 0 aromatic carbocycles.